The number of rotatable bonds is 2. The van der Waals surface area contributed by atoms with Crippen LogP contribution in [0.4, 0.5) is 5.82 Å². The fourth-order valence-corrected chi connectivity index (χ4v) is 3.02. The molecule has 2 unspecified atom stereocenters. The van der Waals surface area contributed by atoms with Gasteiger partial charge >= 0.3 is 0 Å². The molecule has 1 aromatic heterocycles. The van der Waals surface area contributed by atoms with Crippen molar-refractivity contribution < 1.29 is 20.1 Å². The van der Waals surface area contributed by atoms with Crippen LogP contribution in [0.3, 0.4) is 0 Å². The van der Waals surface area contributed by atoms with Gasteiger partial charge in [0, 0.05) is 0 Å². The number of thioether (sulfide) groups is 1. The largest absolute Gasteiger partial charge is 0.387 e. The molecule has 0 aromatic carbocycles. The highest BCUT2D eigenvalue weighted by Crippen LogP contribution is 2.37. The van der Waals surface area contributed by atoms with E-state index in [0.29, 0.717) is 11.5 Å². The van der Waals surface area contributed by atoms with E-state index in [1.54, 1.807) is 10.8 Å². The maximum absolute atomic E-state index is 10.1. The molecule has 2 aliphatic heterocycles. The summed E-state index contributed by atoms with van der Waals surface area (Å²) in [5.41, 5.74) is -0.0576. The molecule has 1 saturated heterocycles. The number of nitrogens with zero attached hydrogens (tertiary/aromatic N) is 3. The predicted octanol–water partition coefficient (Wildman–Crippen LogP) is -0.690. The first kappa shape index (κ1) is 13.8. The average Bonchev–Trinajstić information content (AvgIpc) is 2.92. The number of aliphatic imine (C=N–C) groups is 1. The van der Waals surface area contributed by atoms with Gasteiger partial charge in [-0.3, -0.25) is 9.56 Å². The molecule has 5 atom stereocenters. The first-order valence-electron chi connectivity index (χ1n) is 6.17. The minimum atomic E-state index is -1.06. The van der Waals surface area contributed by atoms with Crippen LogP contribution in [-0.2, 0) is 4.74 Å². The molecule has 110 valence electrons. The van der Waals surface area contributed by atoms with Gasteiger partial charge in [0.1, 0.15) is 35.3 Å². The van der Waals surface area contributed by atoms with Gasteiger partial charge in [0.15, 0.2) is 6.23 Å². The molecule has 0 aliphatic carbocycles. The number of ether oxygens (including phenoxy) is 1. The minimum Gasteiger partial charge on any atom is -0.387 e. The minimum absolute atomic E-state index is 0.223. The zero-order valence-electron chi connectivity index (χ0n) is 10.7. The zero-order valence-corrected chi connectivity index (χ0v) is 11.6. The lowest BCUT2D eigenvalue weighted by molar-refractivity contribution is -0.0202. The van der Waals surface area contributed by atoms with Gasteiger partial charge in [0.2, 0.25) is 0 Å². The van der Waals surface area contributed by atoms with E-state index < -0.39 is 30.0 Å². The fourth-order valence-electron chi connectivity index (χ4n) is 2.36. The van der Waals surface area contributed by atoms with E-state index in [2.05, 4.69) is 15.3 Å². The maximum atomic E-state index is 10.1. The van der Waals surface area contributed by atoms with Gasteiger partial charge in [0.25, 0.3) is 0 Å². The monoisotopic (exact) mass is 300 g/mol. The van der Waals surface area contributed by atoms with E-state index in [0.717, 1.165) is 0 Å². The Hall–Kier alpha value is -1.13. The summed E-state index contributed by atoms with van der Waals surface area (Å²) in [4.78, 5) is 8.12. The van der Waals surface area contributed by atoms with Crippen molar-refractivity contribution in [1.82, 2.24) is 9.55 Å². The van der Waals surface area contributed by atoms with E-state index in [4.69, 9.17) is 4.74 Å². The molecule has 4 N–H and O–H groups in total. The third-order valence-corrected chi connectivity index (χ3v) is 4.26. The van der Waals surface area contributed by atoms with Gasteiger partial charge in [-0.15, -0.1) is 11.8 Å². The van der Waals surface area contributed by atoms with Crippen molar-refractivity contribution >= 4 is 23.9 Å². The second-order valence-corrected chi connectivity index (χ2v) is 5.59. The highest BCUT2D eigenvalue weighted by Gasteiger charge is 2.44. The summed E-state index contributed by atoms with van der Waals surface area (Å²) in [5.74, 6) is 0.511. The van der Waals surface area contributed by atoms with Gasteiger partial charge in [0.05, 0.1) is 19.2 Å². The number of nitrogens with one attached hydrogen (secondary N) is 1. The average molecular weight is 300 g/mol. The topological polar surface area (TPSA) is 112 Å². The standard InChI is InChI=1S/C11H16N4O4S/c1-20-11-8(18)7(17)10(19-11)15-4-14-6-5(16)2-12-3-13-9(6)15/h3-5,7-8,10-11,16-18H,2H2,1H3,(H,12,13)/t5-,7+,8-,10?,11?/m1/s1. The third-order valence-electron chi connectivity index (χ3n) is 3.41. The molecule has 0 saturated carbocycles. The Morgan fingerprint density at radius 2 is 2.20 bits per heavy atom. The summed E-state index contributed by atoms with van der Waals surface area (Å²) >= 11 is 1.33. The van der Waals surface area contributed by atoms with Crippen molar-refractivity contribution in [2.24, 2.45) is 4.99 Å². The van der Waals surface area contributed by atoms with Crippen LogP contribution in [0.2, 0.25) is 0 Å². The highest BCUT2D eigenvalue weighted by atomic mass is 32.2. The second kappa shape index (κ2) is 5.34. The van der Waals surface area contributed by atoms with Crippen LogP contribution in [0.15, 0.2) is 11.3 Å². The number of hydrogen-bond donors (Lipinski definition) is 4. The molecule has 0 radical (unpaired) electrons. The van der Waals surface area contributed by atoms with Gasteiger partial charge in [-0.05, 0) is 6.26 Å². The lowest BCUT2D eigenvalue weighted by Crippen LogP contribution is -2.30. The van der Waals surface area contributed by atoms with Crippen LogP contribution in [0.5, 0.6) is 0 Å². The van der Waals surface area contributed by atoms with E-state index >= 15 is 0 Å². The van der Waals surface area contributed by atoms with Gasteiger partial charge in [-0.25, -0.2) is 4.98 Å². The Labute approximate surface area is 119 Å². The SMILES string of the molecule is CSC1OC(n2cnc3c2NC=NC[C@H]3O)[C@@H](O)[C@H]1O. The molecule has 8 nitrogen and oxygen atoms in total. The number of hydrogen-bond acceptors (Lipinski definition) is 8. The Morgan fingerprint density at radius 3 is 2.90 bits per heavy atom. The van der Waals surface area contributed by atoms with Crippen molar-refractivity contribution in [2.45, 2.75) is 30.0 Å². The summed E-state index contributed by atoms with van der Waals surface area (Å²) in [5, 5.41) is 32.9. The van der Waals surface area contributed by atoms with Crippen LogP contribution < -0.4 is 5.32 Å². The number of imidazole rings is 1. The first-order chi connectivity index (χ1) is 9.63. The molecule has 0 bridgehead atoms. The summed E-state index contributed by atoms with van der Waals surface area (Å²) in [7, 11) is 0. The molecule has 3 rings (SSSR count). The number of aliphatic hydroxyl groups excluding tert-OH is 3. The molecule has 1 fully saturated rings. The van der Waals surface area contributed by atoms with Crippen LogP contribution in [0, 0.1) is 0 Å². The van der Waals surface area contributed by atoms with Crippen molar-refractivity contribution in [1.29, 1.82) is 0 Å². The zero-order chi connectivity index (χ0) is 14.3. The Bertz CT molecular complexity index is 523. The number of aliphatic hydroxyl groups is 3. The van der Waals surface area contributed by atoms with Crippen molar-refractivity contribution in [3.63, 3.8) is 0 Å². The van der Waals surface area contributed by atoms with Crippen molar-refractivity contribution in [2.75, 3.05) is 18.1 Å². The lowest BCUT2D eigenvalue weighted by atomic mass is 10.2. The summed E-state index contributed by atoms with van der Waals surface area (Å²) < 4.78 is 7.21. The van der Waals surface area contributed by atoms with E-state index in [1.807, 2.05) is 0 Å². The molecule has 20 heavy (non-hydrogen) atoms. The van der Waals surface area contributed by atoms with Crippen LogP contribution >= 0.6 is 11.8 Å². The summed E-state index contributed by atoms with van der Waals surface area (Å²) in [6, 6.07) is 0. The normalized spacial score (nSPS) is 36.5. The highest BCUT2D eigenvalue weighted by molar-refractivity contribution is 7.99. The van der Waals surface area contributed by atoms with Gasteiger partial charge < -0.3 is 25.4 Å². The molecule has 3 heterocycles. The summed E-state index contributed by atoms with van der Waals surface area (Å²) in [6.45, 7) is 0.223. The molecule has 2 aliphatic rings. The predicted molar refractivity (Wildman–Crippen MR) is 73.6 cm³/mol. The molecule has 0 amide bonds. The number of anilines is 1. The Morgan fingerprint density at radius 1 is 1.40 bits per heavy atom. The smallest absolute Gasteiger partial charge is 0.166 e. The molecular formula is C11H16N4O4S. The van der Waals surface area contributed by atoms with Crippen LogP contribution in [0.1, 0.15) is 18.0 Å². The van der Waals surface area contributed by atoms with E-state index in [-0.39, 0.29) is 6.54 Å². The first-order valence-corrected chi connectivity index (χ1v) is 7.46. The molecule has 1 aromatic rings. The molecular weight excluding hydrogens is 284 g/mol. The van der Waals surface area contributed by atoms with Gasteiger partial charge in [-0.1, -0.05) is 0 Å². The van der Waals surface area contributed by atoms with E-state index in [9.17, 15) is 15.3 Å². The van der Waals surface area contributed by atoms with Crippen LogP contribution in [0.25, 0.3) is 0 Å². The lowest BCUT2D eigenvalue weighted by Gasteiger charge is -2.19. The third kappa shape index (κ3) is 2.11. The maximum Gasteiger partial charge on any atom is 0.166 e. The Kier molecular flexibility index (Phi) is 3.69. The fraction of sp³-hybridized carbons (Fsp3) is 0.636. The Balaban J connectivity index is 1.94. The summed E-state index contributed by atoms with van der Waals surface area (Å²) in [6.07, 6.45) is 1.14. The van der Waals surface area contributed by atoms with Crippen molar-refractivity contribution in [3.05, 3.63) is 12.0 Å². The quantitative estimate of drug-likeness (QED) is 0.572. The van der Waals surface area contributed by atoms with Crippen LogP contribution in [-0.4, -0.2) is 61.7 Å². The second-order valence-electron chi connectivity index (χ2n) is 4.65. The van der Waals surface area contributed by atoms with Crippen molar-refractivity contribution in [3.8, 4) is 0 Å². The van der Waals surface area contributed by atoms with E-state index in [1.165, 1.54) is 24.4 Å². The van der Waals surface area contributed by atoms with Gasteiger partial charge in [-0.2, -0.15) is 0 Å². The molecule has 9 heteroatoms. The number of fused-ring (bicyclic) bond motifs is 1. The molecule has 0 spiro atoms. The number of aromatic nitrogens is 2.